The van der Waals surface area contributed by atoms with Crippen LogP contribution in [0.5, 0.6) is 0 Å². The summed E-state index contributed by atoms with van der Waals surface area (Å²) in [5, 5.41) is 0. The first kappa shape index (κ1) is 22.1. The molecule has 1 amide bonds. The average Bonchev–Trinajstić information content (AvgIpc) is 3.12. The van der Waals surface area contributed by atoms with Gasteiger partial charge in [0.25, 0.3) is 15.9 Å². The fraction of sp³-hybridized carbons (Fsp3) is 0.316. The number of anilines is 1. The van der Waals surface area contributed by atoms with Gasteiger partial charge in [-0.15, -0.1) is 12.4 Å². The zero-order valence-corrected chi connectivity index (χ0v) is 17.0. The molecule has 0 aliphatic carbocycles. The summed E-state index contributed by atoms with van der Waals surface area (Å²) in [4.78, 5) is 14.5. The number of hydrogen-bond donors (Lipinski definition) is 2. The summed E-state index contributed by atoms with van der Waals surface area (Å²) in [5.41, 5.74) is 6.99. The molecule has 1 aliphatic rings. The lowest BCUT2D eigenvalue weighted by Crippen LogP contribution is -2.30. The molecule has 0 radical (unpaired) electrons. The molecule has 9 heteroatoms. The van der Waals surface area contributed by atoms with Crippen molar-refractivity contribution in [2.45, 2.75) is 18.2 Å². The number of sulfonamides is 1. The molecule has 1 unspecified atom stereocenters. The van der Waals surface area contributed by atoms with Crippen molar-refractivity contribution in [1.82, 2.24) is 4.90 Å². The van der Waals surface area contributed by atoms with Crippen LogP contribution in [0.1, 0.15) is 22.3 Å². The van der Waals surface area contributed by atoms with E-state index in [4.69, 9.17) is 5.73 Å². The van der Waals surface area contributed by atoms with Gasteiger partial charge in [-0.25, -0.2) is 12.8 Å². The minimum absolute atomic E-state index is 0. The van der Waals surface area contributed by atoms with E-state index in [0.717, 1.165) is 6.42 Å². The summed E-state index contributed by atoms with van der Waals surface area (Å²) in [7, 11) is -3.90. The molecule has 2 aromatic carbocycles. The lowest BCUT2D eigenvalue weighted by Gasteiger charge is -2.18. The minimum Gasteiger partial charge on any atom is -0.338 e. The van der Waals surface area contributed by atoms with Crippen LogP contribution in [0.25, 0.3) is 0 Å². The Kier molecular flexibility index (Phi) is 7.03. The summed E-state index contributed by atoms with van der Waals surface area (Å²) in [5.74, 6) is -0.369. The molecule has 0 saturated carbocycles. The Balaban J connectivity index is 0.00000280. The molecule has 3 rings (SSSR count). The van der Waals surface area contributed by atoms with Crippen LogP contribution >= 0.6 is 12.4 Å². The van der Waals surface area contributed by atoms with Gasteiger partial charge in [-0.1, -0.05) is 6.07 Å². The molecule has 1 aliphatic heterocycles. The Labute approximate surface area is 170 Å². The Morgan fingerprint density at radius 2 is 1.93 bits per heavy atom. The number of rotatable bonds is 5. The first-order valence-electron chi connectivity index (χ1n) is 8.68. The van der Waals surface area contributed by atoms with Gasteiger partial charge in [0.15, 0.2) is 0 Å². The van der Waals surface area contributed by atoms with Crippen molar-refractivity contribution in [3.05, 3.63) is 59.4 Å². The maximum atomic E-state index is 13.0. The van der Waals surface area contributed by atoms with Gasteiger partial charge < -0.3 is 10.6 Å². The normalized spacial score (nSPS) is 16.5. The second-order valence-corrected chi connectivity index (χ2v) is 8.41. The number of carbonyl (C=O) groups excluding carboxylic acids is 1. The minimum atomic E-state index is -3.90. The second kappa shape index (κ2) is 8.89. The van der Waals surface area contributed by atoms with Crippen LogP contribution in [0.4, 0.5) is 10.1 Å². The number of aryl methyl sites for hydroxylation is 1. The Morgan fingerprint density at radius 1 is 1.25 bits per heavy atom. The van der Waals surface area contributed by atoms with Gasteiger partial charge in [0.2, 0.25) is 0 Å². The van der Waals surface area contributed by atoms with E-state index in [1.165, 1.54) is 36.4 Å². The molecule has 1 fully saturated rings. The molecule has 0 bridgehead atoms. The van der Waals surface area contributed by atoms with Crippen LogP contribution in [0, 0.1) is 18.7 Å². The van der Waals surface area contributed by atoms with Crippen molar-refractivity contribution in [1.29, 1.82) is 0 Å². The molecule has 1 atom stereocenters. The number of halogens is 2. The van der Waals surface area contributed by atoms with Gasteiger partial charge in [0, 0.05) is 24.3 Å². The Bertz CT molecular complexity index is 951. The predicted molar refractivity (Wildman–Crippen MR) is 109 cm³/mol. The van der Waals surface area contributed by atoms with Crippen LogP contribution in [-0.2, 0) is 10.0 Å². The number of hydrogen-bond acceptors (Lipinski definition) is 4. The van der Waals surface area contributed by atoms with E-state index in [1.54, 1.807) is 17.9 Å². The van der Waals surface area contributed by atoms with Crippen molar-refractivity contribution in [3.63, 3.8) is 0 Å². The lowest BCUT2D eigenvalue weighted by molar-refractivity contribution is 0.0786. The summed E-state index contributed by atoms with van der Waals surface area (Å²) in [6, 6.07) is 9.47. The van der Waals surface area contributed by atoms with Crippen molar-refractivity contribution in [3.8, 4) is 0 Å². The van der Waals surface area contributed by atoms with Gasteiger partial charge in [-0.05, 0) is 67.8 Å². The molecule has 28 heavy (non-hydrogen) atoms. The molecule has 0 spiro atoms. The summed E-state index contributed by atoms with van der Waals surface area (Å²) >= 11 is 0. The van der Waals surface area contributed by atoms with E-state index in [2.05, 4.69) is 4.72 Å². The Hall–Kier alpha value is -2.16. The summed E-state index contributed by atoms with van der Waals surface area (Å²) in [6.45, 7) is 3.50. The SMILES string of the molecule is Cc1ccc(S(=O)(=O)Nc2ccc(F)cc2)cc1C(=O)N1CCC(CN)C1.Cl. The molecular formula is C19H23ClFN3O3S. The molecule has 1 heterocycles. The number of benzene rings is 2. The number of nitrogens with one attached hydrogen (secondary N) is 1. The third-order valence-corrected chi connectivity index (χ3v) is 6.13. The van der Waals surface area contributed by atoms with Crippen molar-refractivity contribution in [2.24, 2.45) is 11.7 Å². The number of amides is 1. The van der Waals surface area contributed by atoms with E-state index in [9.17, 15) is 17.6 Å². The quantitative estimate of drug-likeness (QED) is 0.767. The molecule has 2 aromatic rings. The maximum Gasteiger partial charge on any atom is 0.261 e. The van der Waals surface area contributed by atoms with Crippen LogP contribution in [0.3, 0.4) is 0 Å². The van der Waals surface area contributed by atoms with Gasteiger partial charge >= 0.3 is 0 Å². The van der Waals surface area contributed by atoms with Gasteiger partial charge in [0.1, 0.15) is 5.82 Å². The van der Waals surface area contributed by atoms with E-state index in [-0.39, 0.29) is 34.8 Å². The fourth-order valence-electron chi connectivity index (χ4n) is 3.11. The number of likely N-dealkylation sites (tertiary alicyclic amines) is 1. The van der Waals surface area contributed by atoms with E-state index >= 15 is 0 Å². The van der Waals surface area contributed by atoms with Crippen LogP contribution in [-0.4, -0.2) is 38.9 Å². The van der Waals surface area contributed by atoms with Crippen LogP contribution < -0.4 is 10.5 Å². The lowest BCUT2D eigenvalue weighted by atomic mass is 10.1. The molecule has 152 valence electrons. The van der Waals surface area contributed by atoms with E-state index < -0.39 is 15.8 Å². The number of carbonyl (C=O) groups is 1. The topological polar surface area (TPSA) is 92.5 Å². The highest BCUT2D eigenvalue weighted by molar-refractivity contribution is 7.92. The summed E-state index contributed by atoms with van der Waals surface area (Å²) in [6.07, 6.45) is 0.853. The molecular weight excluding hydrogens is 405 g/mol. The highest BCUT2D eigenvalue weighted by Gasteiger charge is 2.28. The molecule has 6 nitrogen and oxygen atoms in total. The highest BCUT2D eigenvalue weighted by Crippen LogP contribution is 2.23. The monoisotopic (exact) mass is 427 g/mol. The van der Waals surface area contributed by atoms with Crippen molar-refractivity contribution >= 4 is 34.0 Å². The third kappa shape index (κ3) is 4.81. The standard InChI is InChI=1S/C19H22FN3O3S.ClH/c1-13-2-7-17(27(25,26)22-16-5-3-15(20)4-6-16)10-18(13)19(24)23-9-8-14(11-21)12-23;/h2-7,10,14,22H,8-9,11-12,21H2,1H3;1H. The van der Waals surface area contributed by atoms with E-state index in [1.807, 2.05) is 0 Å². The summed E-state index contributed by atoms with van der Waals surface area (Å²) < 4.78 is 40.7. The first-order valence-corrected chi connectivity index (χ1v) is 10.2. The Morgan fingerprint density at radius 3 is 2.54 bits per heavy atom. The van der Waals surface area contributed by atoms with Crippen LogP contribution in [0.2, 0.25) is 0 Å². The van der Waals surface area contributed by atoms with Crippen LogP contribution in [0.15, 0.2) is 47.4 Å². The highest BCUT2D eigenvalue weighted by atomic mass is 35.5. The molecule has 3 N–H and O–H groups in total. The molecule has 1 saturated heterocycles. The fourth-order valence-corrected chi connectivity index (χ4v) is 4.19. The van der Waals surface area contributed by atoms with E-state index in [0.29, 0.717) is 30.8 Å². The smallest absolute Gasteiger partial charge is 0.261 e. The first-order chi connectivity index (χ1) is 12.8. The van der Waals surface area contributed by atoms with Crippen molar-refractivity contribution < 1.29 is 17.6 Å². The number of nitrogens with two attached hydrogens (primary N) is 1. The zero-order valence-electron chi connectivity index (χ0n) is 15.4. The van der Waals surface area contributed by atoms with Gasteiger partial charge in [0.05, 0.1) is 4.90 Å². The average molecular weight is 428 g/mol. The predicted octanol–water partition coefficient (Wildman–Crippen LogP) is 2.78. The third-order valence-electron chi connectivity index (χ3n) is 4.75. The largest absolute Gasteiger partial charge is 0.338 e. The molecule has 0 aromatic heterocycles. The van der Waals surface area contributed by atoms with Gasteiger partial charge in [-0.3, -0.25) is 9.52 Å². The van der Waals surface area contributed by atoms with Crippen molar-refractivity contribution in [2.75, 3.05) is 24.4 Å². The van der Waals surface area contributed by atoms with Gasteiger partial charge in [-0.2, -0.15) is 0 Å². The number of nitrogens with zero attached hydrogens (tertiary/aromatic N) is 1. The second-order valence-electron chi connectivity index (χ2n) is 6.73. The zero-order chi connectivity index (χ0) is 19.6. The maximum absolute atomic E-state index is 13.0.